The number of aromatic nitrogens is 2. The van der Waals surface area contributed by atoms with Gasteiger partial charge in [0.1, 0.15) is 11.4 Å². The SMILES string of the molecule is COc1ccc(CC(=O)NCCc2cn(C)c3ncccc23)cc1Cl. The van der Waals surface area contributed by atoms with Crippen LogP contribution in [0.4, 0.5) is 0 Å². The number of aryl methyl sites for hydroxylation is 1. The van der Waals surface area contributed by atoms with Crippen molar-refractivity contribution in [1.82, 2.24) is 14.9 Å². The Balaban J connectivity index is 1.56. The minimum absolute atomic E-state index is 0.0282. The fourth-order valence-corrected chi connectivity index (χ4v) is 3.18. The summed E-state index contributed by atoms with van der Waals surface area (Å²) in [6.45, 7) is 0.580. The Kier molecular flexibility index (Phi) is 5.24. The Bertz CT molecular complexity index is 905. The Morgan fingerprint density at radius 2 is 2.20 bits per heavy atom. The maximum atomic E-state index is 12.1. The number of ether oxygens (including phenoxy) is 1. The minimum atomic E-state index is -0.0282. The zero-order chi connectivity index (χ0) is 17.8. The number of hydrogen-bond donors (Lipinski definition) is 1. The Hall–Kier alpha value is -2.53. The van der Waals surface area contributed by atoms with Crippen LogP contribution in [-0.4, -0.2) is 29.1 Å². The van der Waals surface area contributed by atoms with Crippen molar-refractivity contribution in [3.05, 3.63) is 58.9 Å². The van der Waals surface area contributed by atoms with Gasteiger partial charge in [-0.15, -0.1) is 0 Å². The molecule has 0 unspecified atom stereocenters. The summed E-state index contributed by atoms with van der Waals surface area (Å²) in [6, 6.07) is 9.36. The first-order valence-electron chi connectivity index (χ1n) is 8.06. The van der Waals surface area contributed by atoms with Gasteiger partial charge in [-0.1, -0.05) is 17.7 Å². The molecule has 0 aliphatic heterocycles. The summed E-state index contributed by atoms with van der Waals surface area (Å²) in [5.41, 5.74) is 2.99. The lowest BCUT2D eigenvalue weighted by Gasteiger charge is -2.07. The van der Waals surface area contributed by atoms with Crippen LogP contribution in [0.25, 0.3) is 11.0 Å². The van der Waals surface area contributed by atoms with E-state index in [1.165, 1.54) is 5.56 Å². The molecule has 2 heterocycles. The highest BCUT2D eigenvalue weighted by molar-refractivity contribution is 6.32. The highest BCUT2D eigenvalue weighted by atomic mass is 35.5. The summed E-state index contributed by atoms with van der Waals surface area (Å²) in [7, 11) is 3.54. The van der Waals surface area contributed by atoms with Gasteiger partial charge in [0.05, 0.1) is 18.6 Å². The summed E-state index contributed by atoms with van der Waals surface area (Å²) in [5.74, 6) is 0.579. The molecule has 25 heavy (non-hydrogen) atoms. The fraction of sp³-hybridized carbons (Fsp3) is 0.263. The smallest absolute Gasteiger partial charge is 0.224 e. The topological polar surface area (TPSA) is 56.1 Å². The van der Waals surface area contributed by atoms with Crippen LogP contribution in [0.5, 0.6) is 5.75 Å². The van der Waals surface area contributed by atoms with Crippen LogP contribution in [0.2, 0.25) is 5.02 Å². The predicted octanol–water partition coefficient (Wildman–Crippen LogP) is 3.14. The predicted molar refractivity (Wildman–Crippen MR) is 99.1 cm³/mol. The van der Waals surface area contributed by atoms with Crippen LogP contribution in [-0.2, 0) is 24.7 Å². The van der Waals surface area contributed by atoms with E-state index in [-0.39, 0.29) is 5.91 Å². The van der Waals surface area contributed by atoms with Crippen molar-refractivity contribution in [3.8, 4) is 5.75 Å². The number of carbonyl (C=O) groups excluding carboxylic acids is 1. The van der Waals surface area contributed by atoms with E-state index in [1.807, 2.05) is 23.7 Å². The molecule has 0 aliphatic rings. The van der Waals surface area contributed by atoms with E-state index in [1.54, 1.807) is 25.4 Å². The molecule has 1 N–H and O–H groups in total. The van der Waals surface area contributed by atoms with Crippen molar-refractivity contribution in [2.75, 3.05) is 13.7 Å². The molecular formula is C19H20ClN3O2. The van der Waals surface area contributed by atoms with E-state index in [0.29, 0.717) is 23.7 Å². The van der Waals surface area contributed by atoms with Crippen LogP contribution in [0.1, 0.15) is 11.1 Å². The Morgan fingerprint density at radius 3 is 2.96 bits per heavy atom. The molecule has 0 fully saturated rings. The van der Waals surface area contributed by atoms with E-state index in [2.05, 4.69) is 22.6 Å². The number of rotatable bonds is 6. The van der Waals surface area contributed by atoms with Crippen molar-refractivity contribution >= 4 is 28.5 Å². The number of halogens is 1. The normalized spacial score (nSPS) is 10.8. The monoisotopic (exact) mass is 357 g/mol. The summed E-state index contributed by atoms with van der Waals surface area (Å²) in [4.78, 5) is 16.5. The summed E-state index contributed by atoms with van der Waals surface area (Å²) >= 11 is 6.09. The highest BCUT2D eigenvalue weighted by Crippen LogP contribution is 2.25. The largest absolute Gasteiger partial charge is 0.495 e. The third-order valence-corrected chi connectivity index (χ3v) is 4.41. The van der Waals surface area contributed by atoms with E-state index >= 15 is 0 Å². The molecular weight excluding hydrogens is 338 g/mol. The molecule has 0 radical (unpaired) electrons. The van der Waals surface area contributed by atoms with E-state index in [9.17, 15) is 4.79 Å². The fourth-order valence-electron chi connectivity index (χ4n) is 2.90. The number of fused-ring (bicyclic) bond motifs is 1. The average molecular weight is 358 g/mol. The second-order valence-corrected chi connectivity index (χ2v) is 6.29. The summed E-state index contributed by atoms with van der Waals surface area (Å²) in [5, 5.41) is 4.60. The van der Waals surface area contributed by atoms with Gasteiger partial charge in [0.15, 0.2) is 0 Å². The standard InChI is InChI=1S/C19H20ClN3O2/c1-23-12-14(15-4-3-8-22-19(15)23)7-9-21-18(24)11-13-5-6-17(25-2)16(20)10-13/h3-6,8,10,12H,7,9,11H2,1-2H3,(H,21,24). The first-order valence-corrected chi connectivity index (χ1v) is 8.44. The molecule has 5 nitrogen and oxygen atoms in total. The first-order chi connectivity index (χ1) is 12.1. The first kappa shape index (κ1) is 17.3. The highest BCUT2D eigenvalue weighted by Gasteiger charge is 2.09. The third-order valence-electron chi connectivity index (χ3n) is 4.11. The molecule has 0 bridgehead atoms. The molecule has 1 aromatic carbocycles. The van der Waals surface area contributed by atoms with Crippen LogP contribution in [0, 0.1) is 0 Å². The zero-order valence-electron chi connectivity index (χ0n) is 14.3. The Morgan fingerprint density at radius 1 is 1.36 bits per heavy atom. The van der Waals surface area contributed by atoms with Crippen molar-refractivity contribution in [2.24, 2.45) is 7.05 Å². The number of nitrogens with one attached hydrogen (secondary N) is 1. The molecule has 6 heteroatoms. The number of pyridine rings is 1. The van der Waals surface area contributed by atoms with Gasteiger partial charge in [0.2, 0.25) is 5.91 Å². The molecule has 0 atom stereocenters. The quantitative estimate of drug-likeness (QED) is 0.737. The number of nitrogens with zero attached hydrogens (tertiary/aromatic N) is 2. The van der Waals surface area contributed by atoms with Gasteiger partial charge in [0, 0.05) is 31.4 Å². The van der Waals surface area contributed by atoms with Crippen LogP contribution in [0.3, 0.4) is 0 Å². The van der Waals surface area contributed by atoms with Crippen LogP contribution < -0.4 is 10.1 Å². The number of benzene rings is 1. The second-order valence-electron chi connectivity index (χ2n) is 5.89. The van der Waals surface area contributed by atoms with Gasteiger partial charge in [-0.25, -0.2) is 4.98 Å². The number of carbonyl (C=O) groups is 1. The Labute approximate surface area is 151 Å². The molecule has 0 saturated carbocycles. The van der Waals surface area contributed by atoms with E-state index in [0.717, 1.165) is 23.0 Å². The average Bonchev–Trinajstić information content (AvgIpc) is 2.92. The van der Waals surface area contributed by atoms with Crippen LogP contribution in [0.15, 0.2) is 42.7 Å². The third kappa shape index (κ3) is 3.94. The van der Waals surface area contributed by atoms with Crippen molar-refractivity contribution in [2.45, 2.75) is 12.8 Å². The van der Waals surface area contributed by atoms with Gasteiger partial charge in [0.25, 0.3) is 0 Å². The molecule has 0 saturated heterocycles. The lowest BCUT2D eigenvalue weighted by atomic mass is 10.1. The van der Waals surface area contributed by atoms with E-state index in [4.69, 9.17) is 16.3 Å². The van der Waals surface area contributed by atoms with Gasteiger partial charge in [-0.3, -0.25) is 4.79 Å². The molecule has 2 aromatic heterocycles. The lowest BCUT2D eigenvalue weighted by molar-refractivity contribution is -0.120. The molecule has 1 amide bonds. The van der Waals surface area contributed by atoms with E-state index < -0.39 is 0 Å². The van der Waals surface area contributed by atoms with Gasteiger partial charge in [-0.05, 0) is 41.8 Å². The second kappa shape index (κ2) is 7.57. The molecule has 130 valence electrons. The number of hydrogen-bond acceptors (Lipinski definition) is 3. The maximum absolute atomic E-state index is 12.1. The van der Waals surface area contributed by atoms with Crippen LogP contribution >= 0.6 is 11.6 Å². The molecule has 0 spiro atoms. The van der Waals surface area contributed by atoms with Gasteiger partial charge < -0.3 is 14.6 Å². The molecule has 3 rings (SSSR count). The number of amides is 1. The minimum Gasteiger partial charge on any atom is -0.495 e. The molecule has 0 aliphatic carbocycles. The van der Waals surface area contributed by atoms with Crippen molar-refractivity contribution in [1.29, 1.82) is 0 Å². The summed E-state index contributed by atoms with van der Waals surface area (Å²) < 4.78 is 7.12. The zero-order valence-corrected chi connectivity index (χ0v) is 15.0. The van der Waals surface area contributed by atoms with Gasteiger partial charge >= 0.3 is 0 Å². The maximum Gasteiger partial charge on any atom is 0.224 e. The number of methoxy groups -OCH3 is 1. The summed E-state index contributed by atoms with van der Waals surface area (Å²) in [6.07, 6.45) is 4.90. The van der Waals surface area contributed by atoms with Crippen molar-refractivity contribution in [3.63, 3.8) is 0 Å². The lowest BCUT2D eigenvalue weighted by Crippen LogP contribution is -2.27. The van der Waals surface area contributed by atoms with Crippen molar-refractivity contribution < 1.29 is 9.53 Å². The van der Waals surface area contributed by atoms with Gasteiger partial charge in [-0.2, -0.15) is 0 Å². The molecule has 3 aromatic rings.